The summed E-state index contributed by atoms with van der Waals surface area (Å²) in [5.74, 6) is -3.04. The van der Waals surface area contributed by atoms with Crippen LogP contribution in [-0.4, -0.2) is 120 Å². The Morgan fingerprint density at radius 1 is 0.758 bits per heavy atom. The largest absolute Gasteiger partial charge is 0.480 e. The number of hydrogen-bond donors (Lipinski definition) is 7. The lowest BCUT2D eigenvalue weighted by molar-refractivity contribution is -0.148. The normalized spacial score (nSPS) is 16.2. The highest BCUT2D eigenvalue weighted by Crippen LogP contribution is 2.22. The molecule has 1 saturated heterocycles. The van der Waals surface area contributed by atoms with Gasteiger partial charge in [-0.25, -0.2) is 0 Å². The number of carboxylic acids is 1. The van der Waals surface area contributed by atoms with E-state index in [2.05, 4.69) is 35.1 Å². The summed E-state index contributed by atoms with van der Waals surface area (Å²) in [7, 11) is 1.70. The number of piperidine rings is 1. The first-order valence-electron chi connectivity index (χ1n) is 22.2. The molecule has 0 aromatic heterocycles. The van der Waals surface area contributed by atoms with E-state index in [0.717, 1.165) is 36.9 Å². The van der Waals surface area contributed by atoms with E-state index in [1.807, 2.05) is 88.4 Å². The maximum Gasteiger partial charge on any atom is 0.323 e. The number of ether oxygens (including phenoxy) is 2. The zero-order valence-electron chi connectivity index (χ0n) is 38.2. The van der Waals surface area contributed by atoms with Crippen LogP contribution in [0.2, 0.25) is 0 Å². The summed E-state index contributed by atoms with van der Waals surface area (Å²) in [6, 6.07) is 14.7. The molecule has 62 heavy (non-hydrogen) atoms. The molecule has 9 N–H and O–H groups in total. The van der Waals surface area contributed by atoms with Crippen LogP contribution in [0.4, 0.5) is 0 Å². The van der Waals surface area contributed by atoms with Gasteiger partial charge in [-0.3, -0.25) is 24.0 Å². The number of rotatable bonds is 27. The predicted octanol–water partition coefficient (Wildman–Crippen LogP) is 3.46. The van der Waals surface area contributed by atoms with Gasteiger partial charge in [-0.15, -0.1) is 0 Å². The summed E-state index contributed by atoms with van der Waals surface area (Å²) in [6.45, 7) is 14.3. The minimum absolute atomic E-state index is 0.0175. The minimum atomic E-state index is -1.43. The summed E-state index contributed by atoms with van der Waals surface area (Å²) >= 11 is 0. The van der Waals surface area contributed by atoms with Crippen molar-refractivity contribution < 1.29 is 38.6 Å². The highest BCUT2D eigenvalue weighted by atomic mass is 16.5. The van der Waals surface area contributed by atoms with E-state index in [0.29, 0.717) is 26.0 Å². The van der Waals surface area contributed by atoms with Crippen LogP contribution in [0.5, 0.6) is 0 Å². The third-order valence-electron chi connectivity index (χ3n) is 11.6. The summed E-state index contributed by atoms with van der Waals surface area (Å²) in [5.41, 5.74) is 12.1. The Morgan fingerprint density at radius 2 is 1.31 bits per heavy atom. The van der Waals surface area contributed by atoms with Crippen LogP contribution in [-0.2, 0) is 46.3 Å². The Bertz CT molecular complexity index is 1700. The fraction of sp³-hybridized carbons (Fsp3) is 0.638. The van der Waals surface area contributed by atoms with Gasteiger partial charge in [-0.05, 0) is 116 Å². The van der Waals surface area contributed by atoms with Crippen molar-refractivity contribution >= 4 is 29.6 Å². The molecule has 0 spiro atoms. The Hall–Kier alpha value is -4.41. The van der Waals surface area contributed by atoms with E-state index in [4.69, 9.17) is 20.9 Å². The van der Waals surface area contributed by atoms with Crippen LogP contribution in [0.3, 0.4) is 0 Å². The van der Waals surface area contributed by atoms with Crippen molar-refractivity contribution in [2.24, 2.45) is 17.4 Å². The topological polar surface area (TPSA) is 227 Å². The number of likely N-dealkylation sites (tertiary alicyclic amines) is 1. The maximum atomic E-state index is 14.2. The highest BCUT2D eigenvalue weighted by Gasteiger charge is 2.40. The maximum absolute atomic E-state index is 14.2. The van der Waals surface area contributed by atoms with Crippen molar-refractivity contribution in [1.29, 1.82) is 0 Å². The number of amides is 4. The molecule has 0 radical (unpaired) electrons. The Kier molecular flexibility index (Phi) is 21.0. The molecule has 1 aliphatic rings. The number of nitrogens with two attached hydrogens (primary N) is 2. The Morgan fingerprint density at radius 3 is 1.87 bits per heavy atom. The van der Waals surface area contributed by atoms with E-state index in [-0.39, 0.29) is 68.2 Å². The number of hydrogen-bond acceptors (Lipinski definition) is 10. The molecule has 15 nitrogen and oxygen atoms in total. The van der Waals surface area contributed by atoms with E-state index in [1.165, 1.54) is 0 Å². The van der Waals surface area contributed by atoms with Crippen LogP contribution in [0.15, 0.2) is 60.7 Å². The fourth-order valence-electron chi connectivity index (χ4n) is 7.22. The highest BCUT2D eigenvalue weighted by molar-refractivity contribution is 5.95. The number of carbonyl (C=O) groups excluding carboxylic acids is 4. The van der Waals surface area contributed by atoms with Crippen LogP contribution in [0, 0.1) is 5.92 Å². The second-order valence-electron chi connectivity index (χ2n) is 18.4. The van der Waals surface area contributed by atoms with Gasteiger partial charge in [0.25, 0.3) is 0 Å². The third kappa shape index (κ3) is 18.1. The van der Waals surface area contributed by atoms with Crippen LogP contribution in [0.1, 0.15) is 104 Å². The van der Waals surface area contributed by atoms with Crippen molar-refractivity contribution in [3.63, 3.8) is 0 Å². The number of unbranched alkanes of at least 4 members (excludes halogenated alkanes) is 1. The molecule has 15 heteroatoms. The smallest absolute Gasteiger partial charge is 0.323 e. The molecule has 1 aliphatic heterocycles. The van der Waals surface area contributed by atoms with Gasteiger partial charge in [0.05, 0.1) is 23.9 Å². The average molecular weight is 866 g/mol. The van der Waals surface area contributed by atoms with Crippen LogP contribution >= 0.6 is 0 Å². The quantitative estimate of drug-likeness (QED) is 0.0644. The second-order valence-corrected chi connectivity index (χ2v) is 18.4. The summed E-state index contributed by atoms with van der Waals surface area (Å²) in [6.07, 6.45) is 4.11. The molecule has 0 bridgehead atoms. The van der Waals surface area contributed by atoms with E-state index >= 15 is 0 Å². The summed E-state index contributed by atoms with van der Waals surface area (Å²) in [4.78, 5) is 69.2. The van der Waals surface area contributed by atoms with Gasteiger partial charge >= 0.3 is 5.97 Å². The van der Waals surface area contributed by atoms with Gasteiger partial charge in [0, 0.05) is 26.6 Å². The van der Waals surface area contributed by atoms with E-state index < -0.39 is 53.4 Å². The number of carboxylic acid groups (broad SMARTS) is 1. The first-order chi connectivity index (χ1) is 29.2. The number of aliphatic carboxylic acids is 1. The van der Waals surface area contributed by atoms with Crippen molar-refractivity contribution in [3.8, 4) is 0 Å². The van der Waals surface area contributed by atoms with Crippen molar-refractivity contribution in [1.82, 2.24) is 26.2 Å². The lowest BCUT2D eigenvalue weighted by Crippen LogP contribution is -2.60. The number of carbonyl (C=O) groups is 5. The molecule has 0 aliphatic carbocycles. The average Bonchev–Trinajstić information content (AvgIpc) is 3.22. The first-order valence-corrected chi connectivity index (χ1v) is 22.2. The summed E-state index contributed by atoms with van der Waals surface area (Å²) < 4.78 is 11.6. The number of benzene rings is 2. The van der Waals surface area contributed by atoms with Crippen molar-refractivity contribution in [2.45, 2.75) is 147 Å². The first kappa shape index (κ1) is 51.9. The zero-order chi connectivity index (χ0) is 45.9. The van der Waals surface area contributed by atoms with E-state index in [1.54, 1.807) is 12.0 Å². The second kappa shape index (κ2) is 25.0. The molecule has 2 aromatic carbocycles. The molecule has 1 heterocycles. The Labute approximate surface area is 369 Å². The van der Waals surface area contributed by atoms with Gasteiger partial charge in [0.15, 0.2) is 0 Å². The van der Waals surface area contributed by atoms with Gasteiger partial charge in [-0.2, -0.15) is 0 Å². The van der Waals surface area contributed by atoms with Crippen molar-refractivity contribution in [2.75, 3.05) is 39.9 Å². The van der Waals surface area contributed by atoms with Crippen LogP contribution in [0.25, 0.3) is 0 Å². The zero-order valence-corrected chi connectivity index (χ0v) is 38.2. The van der Waals surface area contributed by atoms with E-state index in [9.17, 15) is 29.1 Å². The lowest BCUT2D eigenvalue weighted by atomic mass is 9.88. The third-order valence-corrected chi connectivity index (χ3v) is 11.6. The molecule has 346 valence electrons. The standard InChI is InChI=1S/C47H75N7O8/c1-33(2)30-38(53-42(57)39(32-35-18-12-9-13-19-35)52-40(55)36(48)31-34-16-10-8-11-17-34)41(56)51-37(43(58)54-27-22-47(49,23-28-54)44(59)60)20-14-15-25-50-26-21-46(5,6)62-29-24-45(3,4)61-7/h8-13,16-19,33,36-39,50H,14-15,20-32,48-49H2,1-7H3,(H,51,56)(H,52,55)(H,53,57)(H,59,60)/t36-,37-,38-,39-/m1/s1. The SMILES string of the molecule is COC(C)(C)CCOC(C)(C)CCNCCCC[C@@H](NC(=O)[C@@H](CC(C)C)NC(=O)[C@@H](Cc1ccccc1)NC(=O)[C@H](N)Cc1ccccc1)C(=O)N1CCC(N)(C(=O)O)CC1. The molecule has 2 aromatic rings. The Balaban J connectivity index is 1.70. The lowest BCUT2D eigenvalue weighted by Gasteiger charge is -2.38. The molecule has 4 atom stereocenters. The number of nitrogens with one attached hydrogen (secondary N) is 4. The molecule has 3 rings (SSSR count). The molecular formula is C47H75N7O8. The monoisotopic (exact) mass is 866 g/mol. The van der Waals surface area contributed by atoms with Crippen LogP contribution < -0.4 is 32.7 Å². The molecule has 4 amide bonds. The fourth-order valence-corrected chi connectivity index (χ4v) is 7.22. The number of nitrogens with zero attached hydrogens (tertiary/aromatic N) is 1. The number of methoxy groups -OCH3 is 1. The molecule has 0 unspecified atom stereocenters. The van der Waals surface area contributed by atoms with Crippen molar-refractivity contribution in [3.05, 3.63) is 71.8 Å². The minimum Gasteiger partial charge on any atom is -0.480 e. The van der Waals surface area contributed by atoms with Gasteiger partial charge in [-0.1, -0.05) is 74.5 Å². The molecular weight excluding hydrogens is 791 g/mol. The predicted molar refractivity (Wildman–Crippen MR) is 241 cm³/mol. The van der Waals surface area contributed by atoms with Gasteiger partial charge in [0.1, 0.15) is 23.7 Å². The van der Waals surface area contributed by atoms with Gasteiger partial charge < -0.3 is 52.2 Å². The molecule has 0 saturated carbocycles. The van der Waals surface area contributed by atoms with Gasteiger partial charge in [0.2, 0.25) is 23.6 Å². The summed E-state index contributed by atoms with van der Waals surface area (Å²) in [5, 5.41) is 21.8. The molecule has 1 fully saturated rings.